The van der Waals surface area contributed by atoms with Gasteiger partial charge in [-0.05, 0) is 46.2 Å². The molecule has 7 heteroatoms. The van der Waals surface area contributed by atoms with Crippen molar-refractivity contribution in [2.45, 2.75) is 70.1 Å². The van der Waals surface area contributed by atoms with Crippen LogP contribution in [0.5, 0.6) is 0 Å². The van der Waals surface area contributed by atoms with Gasteiger partial charge in [0.15, 0.2) is 0 Å². The highest BCUT2D eigenvalue weighted by atomic mass is 35.5. The van der Waals surface area contributed by atoms with Gasteiger partial charge in [-0.25, -0.2) is 4.39 Å². The predicted octanol–water partition coefficient (Wildman–Crippen LogP) is 5.68. The van der Waals surface area contributed by atoms with Crippen molar-refractivity contribution < 1.29 is 18.7 Å². The van der Waals surface area contributed by atoms with Crippen LogP contribution in [0.1, 0.15) is 54.4 Å². The number of thioether (sulfide) groups is 1. The van der Waals surface area contributed by atoms with Crippen LogP contribution in [0.25, 0.3) is 0 Å². The molecular formula is C19H27ClFNO3S. The van der Waals surface area contributed by atoms with Crippen molar-refractivity contribution in [3.8, 4) is 0 Å². The fourth-order valence-corrected chi connectivity index (χ4v) is 3.33. The molecule has 146 valence electrons. The quantitative estimate of drug-likeness (QED) is 0.470. The van der Waals surface area contributed by atoms with Crippen LogP contribution in [0.3, 0.4) is 0 Å². The Bertz CT molecular complexity index is 661. The Kier molecular flexibility index (Phi) is 8.41. The van der Waals surface area contributed by atoms with Crippen molar-refractivity contribution in [2.24, 2.45) is 5.92 Å². The molecule has 1 rings (SSSR count). The summed E-state index contributed by atoms with van der Waals surface area (Å²) in [7, 11) is 0. The minimum absolute atomic E-state index is 0.0567. The standard InChI is InChI=1S/C19H27ClFNO3S/c1-7-8-11(2)17(23)22-15-10-16(13(20)9-14(15)21)26-12(3)18(24)25-19(4,5)6/h9-12H,7-8H2,1-6H3,(H,22,23). The Morgan fingerprint density at radius 2 is 1.92 bits per heavy atom. The summed E-state index contributed by atoms with van der Waals surface area (Å²) in [5.74, 6) is -1.46. The van der Waals surface area contributed by atoms with Gasteiger partial charge in [0.1, 0.15) is 16.7 Å². The molecule has 0 aliphatic heterocycles. The lowest BCUT2D eigenvalue weighted by molar-refractivity contribution is -0.153. The van der Waals surface area contributed by atoms with E-state index in [1.165, 1.54) is 6.07 Å². The summed E-state index contributed by atoms with van der Waals surface area (Å²) in [5, 5.41) is 2.26. The monoisotopic (exact) mass is 403 g/mol. The molecule has 0 radical (unpaired) electrons. The van der Waals surface area contributed by atoms with Gasteiger partial charge in [0.25, 0.3) is 0 Å². The molecule has 2 atom stereocenters. The zero-order chi connectivity index (χ0) is 20.1. The summed E-state index contributed by atoms with van der Waals surface area (Å²) in [6.45, 7) is 10.8. The lowest BCUT2D eigenvalue weighted by Crippen LogP contribution is -2.28. The number of amides is 1. The van der Waals surface area contributed by atoms with Crippen LogP contribution in [-0.2, 0) is 14.3 Å². The summed E-state index contributed by atoms with van der Waals surface area (Å²) in [5.41, 5.74) is -0.534. The van der Waals surface area contributed by atoms with Gasteiger partial charge in [0.2, 0.25) is 5.91 Å². The normalized spacial score (nSPS) is 13.8. The average Bonchev–Trinajstić information content (AvgIpc) is 2.50. The zero-order valence-electron chi connectivity index (χ0n) is 16.1. The van der Waals surface area contributed by atoms with Crippen molar-refractivity contribution in [3.63, 3.8) is 0 Å². The number of halogens is 2. The van der Waals surface area contributed by atoms with Crippen LogP contribution in [0.4, 0.5) is 10.1 Å². The van der Waals surface area contributed by atoms with Gasteiger partial charge >= 0.3 is 5.97 Å². The molecule has 1 amide bonds. The summed E-state index contributed by atoms with van der Waals surface area (Å²) in [6.07, 6.45) is 1.59. The second-order valence-corrected chi connectivity index (χ2v) is 9.02. The van der Waals surface area contributed by atoms with Gasteiger partial charge in [0, 0.05) is 10.8 Å². The minimum Gasteiger partial charge on any atom is -0.459 e. The predicted molar refractivity (Wildman–Crippen MR) is 105 cm³/mol. The molecule has 0 saturated heterocycles. The minimum atomic E-state index is -0.610. The molecule has 0 heterocycles. The Labute approximate surface area is 164 Å². The molecule has 0 aliphatic carbocycles. The number of esters is 1. The van der Waals surface area contributed by atoms with E-state index in [9.17, 15) is 14.0 Å². The first-order valence-corrected chi connectivity index (χ1v) is 9.89. The highest BCUT2D eigenvalue weighted by Gasteiger charge is 2.24. The van der Waals surface area contributed by atoms with Gasteiger partial charge < -0.3 is 10.1 Å². The highest BCUT2D eigenvalue weighted by Crippen LogP contribution is 2.35. The molecule has 2 unspecified atom stereocenters. The van der Waals surface area contributed by atoms with E-state index >= 15 is 0 Å². The largest absolute Gasteiger partial charge is 0.459 e. The van der Waals surface area contributed by atoms with Crippen molar-refractivity contribution in [1.82, 2.24) is 0 Å². The molecule has 1 aromatic rings. The molecule has 0 aliphatic rings. The average molecular weight is 404 g/mol. The molecule has 1 aromatic carbocycles. The second-order valence-electron chi connectivity index (χ2n) is 7.23. The van der Waals surface area contributed by atoms with E-state index in [2.05, 4.69) is 5.32 Å². The van der Waals surface area contributed by atoms with Gasteiger partial charge in [-0.1, -0.05) is 31.9 Å². The first kappa shape index (κ1) is 22.8. The maximum atomic E-state index is 14.2. The summed E-state index contributed by atoms with van der Waals surface area (Å²) < 4.78 is 19.5. The van der Waals surface area contributed by atoms with Gasteiger partial charge in [0.05, 0.1) is 10.7 Å². The summed E-state index contributed by atoms with van der Waals surface area (Å²) in [4.78, 5) is 24.8. The van der Waals surface area contributed by atoms with E-state index in [-0.39, 0.29) is 28.5 Å². The van der Waals surface area contributed by atoms with E-state index in [0.29, 0.717) is 4.90 Å². The van der Waals surface area contributed by atoms with E-state index in [1.807, 2.05) is 6.92 Å². The number of hydrogen-bond acceptors (Lipinski definition) is 4. The molecule has 26 heavy (non-hydrogen) atoms. The van der Waals surface area contributed by atoms with Gasteiger partial charge in [-0.2, -0.15) is 0 Å². The van der Waals surface area contributed by atoms with E-state index < -0.39 is 16.7 Å². The van der Waals surface area contributed by atoms with Gasteiger partial charge in [-0.15, -0.1) is 11.8 Å². The first-order valence-electron chi connectivity index (χ1n) is 8.64. The SMILES string of the molecule is CCCC(C)C(=O)Nc1cc(SC(C)C(=O)OC(C)(C)C)c(Cl)cc1F. The number of ether oxygens (including phenoxy) is 1. The Morgan fingerprint density at radius 1 is 1.31 bits per heavy atom. The van der Waals surface area contributed by atoms with Crippen LogP contribution in [0, 0.1) is 11.7 Å². The van der Waals surface area contributed by atoms with Crippen LogP contribution in [-0.4, -0.2) is 22.7 Å². The lowest BCUT2D eigenvalue weighted by Gasteiger charge is -2.22. The summed E-state index contributed by atoms with van der Waals surface area (Å²) in [6, 6.07) is 2.60. The van der Waals surface area contributed by atoms with Crippen LogP contribution >= 0.6 is 23.4 Å². The van der Waals surface area contributed by atoms with E-state index in [4.69, 9.17) is 16.3 Å². The number of hydrogen-bond donors (Lipinski definition) is 1. The molecule has 0 spiro atoms. The molecule has 4 nitrogen and oxygen atoms in total. The fraction of sp³-hybridized carbons (Fsp3) is 0.579. The third-order valence-electron chi connectivity index (χ3n) is 3.49. The third kappa shape index (κ3) is 7.16. The number of carbonyl (C=O) groups excluding carboxylic acids is 2. The maximum Gasteiger partial charge on any atom is 0.319 e. The molecule has 0 bridgehead atoms. The fourth-order valence-electron chi connectivity index (χ4n) is 2.16. The zero-order valence-corrected chi connectivity index (χ0v) is 17.7. The Morgan fingerprint density at radius 3 is 2.46 bits per heavy atom. The number of carbonyl (C=O) groups is 2. The molecule has 1 N–H and O–H groups in total. The maximum absolute atomic E-state index is 14.2. The van der Waals surface area contributed by atoms with Crippen molar-refractivity contribution >= 4 is 40.9 Å². The molecule has 0 aromatic heterocycles. The Hall–Kier alpha value is -1.27. The number of benzene rings is 1. The molecular weight excluding hydrogens is 377 g/mol. The topological polar surface area (TPSA) is 55.4 Å². The third-order valence-corrected chi connectivity index (χ3v) is 5.05. The molecule has 0 saturated carbocycles. The number of rotatable bonds is 7. The number of anilines is 1. The van der Waals surface area contributed by atoms with Crippen molar-refractivity contribution in [2.75, 3.05) is 5.32 Å². The smallest absolute Gasteiger partial charge is 0.319 e. The number of nitrogens with one attached hydrogen (secondary N) is 1. The summed E-state index contributed by atoms with van der Waals surface area (Å²) >= 11 is 7.27. The Balaban J connectivity index is 2.93. The van der Waals surface area contributed by atoms with Crippen LogP contribution < -0.4 is 5.32 Å². The van der Waals surface area contributed by atoms with E-state index in [1.54, 1.807) is 34.6 Å². The van der Waals surface area contributed by atoms with Crippen molar-refractivity contribution in [1.29, 1.82) is 0 Å². The van der Waals surface area contributed by atoms with Crippen molar-refractivity contribution in [3.05, 3.63) is 23.0 Å². The van der Waals surface area contributed by atoms with Crippen LogP contribution in [0.2, 0.25) is 5.02 Å². The molecule has 0 fully saturated rings. The van der Waals surface area contributed by atoms with E-state index in [0.717, 1.165) is 30.7 Å². The van der Waals surface area contributed by atoms with Gasteiger partial charge in [-0.3, -0.25) is 9.59 Å². The highest BCUT2D eigenvalue weighted by molar-refractivity contribution is 8.00. The lowest BCUT2D eigenvalue weighted by atomic mass is 10.1. The second kappa shape index (κ2) is 9.60. The first-order chi connectivity index (χ1) is 11.9. The van der Waals surface area contributed by atoms with Crippen LogP contribution in [0.15, 0.2) is 17.0 Å².